The van der Waals surface area contributed by atoms with Crippen molar-refractivity contribution in [2.45, 2.75) is 51.9 Å². The molecule has 130 valence electrons. The van der Waals surface area contributed by atoms with Gasteiger partial charge in [0.25, 0.3) is 0 Å². The molecule has 1 amide bonds. The smallest absolute Gasteiger partial charge is 0.341 e. The van der Waals surface area contributed by atoms with E-state index >= 15 is 0 Å². The van der Waals surface area contributed by atoms with Crippen LogP contribution in [0.5, 0.6) is 0 Å². The average Bonchev–Trinajstić information content (AvgIpc) is 3.27. The number of amides is 1. The van der Waals surface area contributed by atoms with E-state index in [1.54, 1.807) is 11.3 Å². The largest absolute Gasteiger partial charge is 0.465 e. The zero-order chi connectivity index (χ0) is 16.8. The predicted molar refractivity (Wildman–Crippen MR) is 94.4 cm³/mol. The van der Waals surface area contributed by atoms with E-state index in [4.69, 9.17) is 4.74 Å². The minimum atomic E-state index is -0.315. The Morgan fingerprint density at radius 3 is 2.71 bits per heavy atom. The molecule has 0 saturated heterocycles. The number of ether oxygens (including phenoxy) is 1. The van der Waals surface area contributed by atoms with E-state index in [0.717, 1.165) is 37.2 Å². The van der Waals surface area contributed by atoms with Crippen LogP contribution in [0, 0.1) is 23.7 Å². The summed E-state index contributed by atoms with van der Waals surface area (Å²) in [5.74, 6) is 1.85. The molecule has 4 nitrogen and oxygen atoms in total. The zero-order valence-corrected chi connectivity index (χ0v) is 15.2. The first kappa shape index (κ1) is 16.1. The molecular formula is C19H25NO3S. The maximum Gasteiger partial charge on any atom is 0.341 e. The lowest BCUT2D eigenvalue weighted by Gasteiger charge is -2.20. The van der Waals surface area contributed by atoms with Crippen LogP contribution in [-0.4, -0.2) is 19.0 Å². The van der Waals surface area contributed by atoms with Gasteiger partial charge in [0.15, 0.2) is 0 Å². The Balaban J connectivity index is 1.60. The van der Waals surface area contributed by atoms with Gasteiger partial charge in [-0.15, -0.1) is 11.3 Å². The van der Waals surface area contributed by atoms with Gasteiger partial charge >= 0.3 is 5.97 Å². The van der Waals surface area contributed by atoms with E-state index in [1.165, 1.54) is 31.2 Å². The second-order valence-electron chi connectivity index (χ2n) is 7.82. The summed E-state index contributed by atoms with van der Waals surface area (Å²) < 4.78 is 5.00. The van der Waals surface area contributed by atoms with Gasteiger partial charge in [-0.3, -0.25) is 4.79 Å². The maximum absolute atomic E-state index is 12.8. The third-order valence-electron chi connectivity index (χ3n) is 6.21. The Kier molecular flexibility index (Phi) is 4.15. The van der Waals surface area contributed by atoms with Gasteiger partial charge in [-0.1, -0.05) is 13.3 Å². The number of anilines is 1. The SMILES string of the molecule is COC(=O)c1c(NC(=O)[C@@H]2C[C@H]3CC[C@H]2C3)sc2c1CC[C@@H](C)C2. The minimum absolute atomic E-state index is 0.110. The van der Waals surface area contributed by atoms with Crippen molar-refractivity contribution in [3.63, 3.8) is 0 Å². The van der Waals surface area contributed by atoms with Crippen LogP contribution in [0.1, 0.15) is 59.8 Å². The molecule has 1 aromatic rings. The van der Waals surface area contributed by atoms with Gasteiger partial charge in [0.1, 0.15) is 5.00 Å². The van der Waals surface area contributed by atoms with E-state index in [0.29, 0.717) is 22.4 Å². The van der Waals surface area contributed by atoms with Crippen molar-refractivity contribution in [3.8, 4) is 0 Å². The van der Waals surface area contributed by atoms with Gasteiger partial charge in [0, 0.05) is 10.8 Å². The number of fused-ring (bicyclic) bond motifs is 3. The molecule has 0 aromatic carbocycles. The van der Waals surface area contributed by atoms with Crippen LogP contribution >= 0.6 is 11.3 Å². The molecule has 0 radical (unpaired) electrons. The molecule has 5 heteroatoms. The number of esters is 1. The van der Waals surface area contributed by atoms with E-state index < -0.39 is 0 Å². The van der Waals surface area contributed by atoms with Gasteiger partial charge in [-0.2, -0.15) is 0 Å². The summed E-state index contributed by atoms with van der Waals surface area (Å²) in [4.78, 5) is 26.3. The highest BCUT2D eigenvalue weighted by Gasteiger charge is 2.43. The summed E-state index contributed by atoms with van der Waals surface area (Å²) >= 11 is 1.58. The minimum Gasteiger partial charge on any atom is -0.465 e. The summed E-state index contributed by atoms with van der Waals surface area (Å²) in [5.41, 5.74) is 1.72. The fourth-order valence-electron chi connectivity index (χ4n) is 4.93. The van der Waals surface area contributed by atoms with Gasteiger partial charge in [-0.05, 0) is 61.8 Å². The molecule has 2 fully saturated rings. The van der Waals surface area contributed by atoms with Crippen LogP contribution in [0.4, 0.5) is 5.00 Å². The number of methoxy groups -OCH3 is 1. The molecule has 2 saturated carbocycles. The van der Waals surface area contributed by atoms with Crippen LogP contribution < -0.4 is 5.32 Å². The van der Waals surface area contributed by atoms with Crippen LogP contribution in [-0.2, 0) is 22.4 Å². The first-order chi connectivity index (χ1) is 11.6. The van der Waals surface area contributed by atoms with Gasteiger partial charge < -0.3 is 10.1 Å². The van der Waals surface area contributed by atoms with Crippen molar-refractivity contribution >= 4 is 28.2 Å². The van der Waals surface area contributed by atoms with Crippen LogP contribution in [0.15, 0.2) is 0 Å². The van der Waals surface area contributed by atoms with E-state index in [9.17, 15) is 9.59 Å². The molecule has 4 atom stereocenters. The number of thiophene rings is 1. The Labute approximate surface area is 147 Å². The first-order valence-corrected chi connectivity index (χ1v) is 9.92. The van der Waals surface area contributed by atoms with Crippen molar-refractivity contribution in [1.82, 2.24) is 0 Å². The molecule has 3 aliphatic rings. The fourth-order valence-corrected chi connectivity index (χ4v) is 6.33. The molecule has 0 spiro atoms. The third-order valence-corrected chi connectivity index (χ3v) is 7.38. The molecule has 4 rings (SSSR count). The molecule has 0 aliphatic heterocycles. The second-order valence-corrected chi connectivity index (χ2v) is 8.92. The zero-order valence-electron chi connectivity index (χ0n) is 14.4. The van der Waals surface area contributed by atoms with Crippen molar-refractivity contribution in [3.05, 3.63) is 16.0 Å². The lowest BCUT2D eigenvalue weighted by molar-refractivity contribution is -0.121. The molecule has 3 aliphatic carbocycles. The monoisotopic (exact) mass is 347 g/mol. The number of hydrogen-bond donors (Lipinski definition) is 1. The highest BCUT2D eigenvalue weighted by Crippen LogP contribution is 2.49. The van der Waals surface area contributed by atoms with E-state index in [-0.39, 0.29) is 17.8 Å². The Bertz CT molecular complexity index is 680. The molecule has 24 heavy (non-hydrogen) atoms. The van der Waals surface area contributed by atoms with Crippen LogP contribution in [0.2, 0.25) is 0 Å². The maximum atomic E-state index is 12.8. The fraction of sp³-hybridized carbons (Fsp3) is 0.684. The number of carbonyl (C=O) groups is 2. The lowest BCUT2D eigenvalue weighted by atomic mass is 9.87. The van der Waals surface area contributed by atoms with Crippen molar-refractivity contribution in [2.75, 3.05) is 12.4 Å². The average molecular weight is 347 g/mol. The van der Waals surface area contributed by atoms with Crippen molar-refractivity contribution in [1.29, 1.82) is 0 Å². The van der Waals surface area contributed by atoms with Gasteiger partial charge in [0.05, 0.1) is 12.7 Å². The first-order valence-electron chi connectivity index (χ1n) is 9.10. The van der Waals surface area contributed by atoms with Gasteiger partial charge in [-0.25, -0.2) is 4.79 Å². The Hall–Kier alpha value is -1.36. The standard InChI is InChI=1S/C19H25NO3S/c1-10-3-6-13-15(7-10)24-18(16(13)19(22)23-2)20-17(21)14-9-11-4-5-12(14)8-11/h10-12,14H,3-9H2,1-2H3,(H,20,21)/t10-,11+,12+,14-/m1/s1. The normalized spacial score (nSPS) is 30.9. The number of rotatable bonds is 3. The number of nitrogens with one attached hydrogen (secondary N) is 1. The Morgan fingerprint density at radius 1 is 1.21 bits per heavy atom. The number of carbonyl (C=O) groups excluding carboxylic acids is 2. The third kappa shape index (κ3) is 2.67. The van der Waals surface area contributed by atoms with E-state index in [2.05, 4.69) is 12.2 Å². The summed E-state index contributed by atoms with van der Waals surface area (Å²) in [6.45, 7) is 2.24. The highest BCUT2D eigenvalue weighted by atomic mass is 32.1. The molecule has 2 bridgehead atoms. The van der Waals surface area contributed by atoms with Crippen LogP contribution in [0.3, 0.4) is 0 Å². The predicted octanol–water partition coefficient (Wildman–Crippen LogP) is 4.03. The Morgan fingerprint density at radius 2 is 2.04 bits per heavy atom. The number of hydrogen-bond acceptors (Lipinski definition) is 4. The summed E-state index contributed by atoms with van der Waals surface area (Å²) in [6, 6.07) is 0. The molecule has 1 heterocycles. The molecule has 0 unspecified atom stereocenters. The summed E-state index contributed by atoms with van der Waals surface area (Å²) in [7, 11) is 1.42. The topological polar surface area (TPSA) is 55.4 Å². The quantitative estimate of drug-likeness (QED) is 0.840. The molecule has 1 N–H and O–H groups in total. The second kappa shape index (κ2) is 6.17. The van der Waals surface area contributed by atoms with Crippen molar-refractivity contribution in [2.24, 2.45) is 23.7 Å². The molecular weight excluding hydrogens is 322 g/mol. The van der Waals surface area contributed by atoms with E-state index in [1.807, 2.05) is 0 Å². The molecule has 1 aromatic heterocycles. The lowest BCUT2D eigenvalue weighted by Crippen LogP contribution is -2.27. The van der Waals surface area contributed by atoms with Crippen LogP contribution in [0.25, 0.3) is 0 Å². The highest BCUT2D eigenvalue weighted by molar-refractivity contribution is 7.17. The summed E-state index contributed by atoms with van der Waals surface area (Å²) in [5, 5.41) is 3.82. The summed E-state index contributed by atoms with van der Waals surface area (Å²) in [6.07, 6.45) is 7.69. The van der Waals surface area contributed by atoms with Gasteiger partial charge in [0.2, 0.25) is 5.91 Å². The van der Waals surface area contributed by atoms with Crippen molar-refractivity contribution < 1.29 is 14.3 Å².